The molecule has 2 fully saturated rings. The topological polar surface area (TPSA) is 72.9 Å². The van der Waals surface area contributed by atoms with Crippen LogP contribution in [0.15, 0.2) is 0 Å². The van der Waals surface area contributed by atoms with E-state index in [2.05, 4.69) is 0 Å². The highest BCUT2D eigenvalue weighted by atomic mass is 32.2. The number of sulfone groups is 1. The Hall–Kier alpha value is -0.660. The molecular formula is C12H21NO5S. The predicted octanol–water partition coefficient (Wildman–Crippen LogP) is -0.174. The van der Waals surface area contributed by atoms with Crippen LogP contribution in [-0.2, 0) is 24.1 Å². The van der Waals surface area contributed by atoms with E-state index in [1.807, 2.05) is 6.92 Å². The first-order valence-corrected chi connectivity index (χ1v) is 8.69. The van der Waals surface area contributed by atoms with E-state index >= 15 is 0 Å². The number of carbonyl (C=O) groups is 1. The summed E-state index contributed by atoms with van der Waals surface area (Å²) in [7, 11) is -3.31. The van der Waals surface area contributed by atoms with Crippen molar-refractivity contribution in [3.63, 3.8) is 0 Å². The first-order valence-electron chi connectivity index (χ1n) is 6.62. The van der Waals surface area contributed by atoms with E-state index in [1.54, 1.807) is 4.90 Å². The summed E-state index contributed by atoms with van der Waals surface area (Å²) < 4.78 is 33.9. The van der Waals surface area contributed by atoms with Crippen LogP contribution in [0.5, 0.6) is 0 Å². The number of carbonyl (C=O) groups excluding carboxylic acids is 1. The van der Waals surface area contributed by atoms with Gasteiger partial charge in [-0.15, -0.1) is 0 Å². The third-order valence-electron chi connectivity index (χ3n) is 3.62. The lowest BCUT2D eigenvalue weighted by atomic mass is 10.1. The molecule has 2 rings (SSSR count). The Morgan fingerprint density at radius 1 is 1.42 bits per heavy atom. The molecular weight excluding hydrogens is 270 g/mol. The molecule has 0 N–H and O–H groups in total. The summed E-state index contributed by atoms with van der Waals surface area (Å²) in [6, 6.07) is -0.0540. The molecule has 0 aromatic carbocycles. The van der Waals surface area contributed by atoms with Crippen LogP contribution in [0.2, 0.25) is 0 Å². The summed E-state index contributed by atoms with van der Waals surface area (Å²) in [5.74, 6) is -0.782. The SMILES string of the molecule is CCOC1C2CCC1N(C(=O)CS(C)(=O)=O)CCO2. The van der Waals surface area contributed by atoms with Gasteiger partial charge in [-0.05, 0) is 19.8 Å². The quantitative estimate of drug-likeness (QED) is 0.719. The molecule has 3 unspecified atom stereocenters. The van der Waals surface area contributed by atoms with Gasteiger partial charge in [0.05, 0.1) is 18.8 Å². The third kappa shape index (κ3) is 3.46. The highest BCUT2D eigenvalue weighted by Gasteiger charge is 2.44. The number of hydrogen-bond acceptors (Lipinski definition) is 5. The second-order valence-electron chi connectivity index (χ2n) is 5.13. The van der Waals surface area contributed by atoms with Crippen LogP contribution >= 0.6 is 0 Å². The average molecular weight is 291 g/mol. The molecule has 1 amide bonds. The van der Waals surface area contributed by atoms with Crippen LogP contribution in [0.4, 0.5) is 0 Å². The number of fused-ring (bicyclic) bond motifs is 2. The fourth-order valence-corrected chi connectivity index (χ4v) is 3.53. The highest BCUT2D eigenvalue weighted by molar-refractivity contribution is 7.91. The molecule has 110 valence electrons. The van der Waals surface area contributed by atoms with Crippen LogP contribution in [0.25, 0.3) is 0 Å². The van der Waals surface area contributed by atoms with E-state index < -0.39 is 15.6 Å². The minimum atomic E-state index is -3.31. The van der Waals surface area contributed by atoms with Crippen molar-refractivity contribution in [2.24, 2.45) is 0 Å². The first kappa shape index (κ1) is 14.7. The Labute approximate surface area is 114 Å². The van der Waals surface area contributed by atoms with Gasteiger partial charge in [-0.2, -0.15) is 0 Å². The maximum atomic E-state index is 12.1. The van der Waals surface area contributed by atoms with Crippen LogP contribution < -0.4 is 0 Å². The van der Waals surface area contributed by atoms with Crippen molar-refractivity contribution < 1.29 is 22.7 Å². The first-order chi connectivity index (χ1) is 8.92. The van der Waals surface area contributed by atoms with Crippen molar-refractivity contribution in [2.45, 2.75) is 38.0 Å². The van der Waals surface area contributed by atoms with E-state index in [-0.39, 0.29) is 24.2 Å². The van der Waals surface area contributed by atoms with Crippen molar-refractivity contribution in [3.8, 4) is 0 Å². The Bertz CT molecular complexity index is 435. The molecule has 3 atom stereocenters. The van der Waals surface area contributed by atoms with Crippen LogP contribution in [-0.4, -0.2) is 69.2 Å². The molecule has 0 aromatic heterocycles. The van der Waals surface area contributed by atoms with Crippen molar-refractivity contribution in [2.75, 3.05) is 31.8 Å². The summed E-state index contributed by atoms with van der Waals surface area (Å²) >= 11 is 0. The van der Waals surface area contributed by atoms with Gasteiger partial charge in [0, 0.05) is 19.4 Å². The summed E-state index contributed by atoms with van der Waals surface area (Å²) in [5.41, 5.74) is 0. The monoisotopic (exact) mass is 291 g/mol. The van der Waals surface area contributed by atoms with Crippen molar-refractivity contribution in [1.82, 2.24) is 4.90 Å². The Morgan fingerprint density at radius 3 is 2.79 bits per heavy atom. The van der Waals surface area contributed by atoms with Crippen LogP contribution in [0.3, 0.4) is 0 Å². The molecule has 7 heteroatoms. The zero-order valence-corrected chi connectivity index (χ0v) is 12.2. The van der Waals surface area contributed by atoms with Crippen molar-refractivity contribution >= 4 is 15.7 Å². The van der Waals surface area contributed by atoms with E-state index in [4.69, 9.17) is 9.47 Å². The molecule has 1 saturated heterocycles. The standard InChI is InChI=1S/C12H21NO5S/c1-3-17-12-9-4-5-10(12)18-7-6-13(9)11(14)8-19(2,15)16/h9-10,12H,3-8H2,1-2H3. The van der Waals surface area contributed by atoms with Crippen LogP contribution in [0.1, 0.15) is 19.8 Å². The maximum Gasteiger partial charge on any atom is 0.238 e. The zero-order chi connectivity index (χ0) is 14.0. The van der Waals surface area contributed by atoms with Gasteiger partial charge in [-0.3, -0.25) is 4.79 Å². The molecule has 2 bridgehead atoms. The number of nitrogens with zero attached hydrogens (tertiary/aromatic N) is 1. The van der Waals surface area contributed by atoms with E-state index in [0.29, 0.717) is 19.8 Å². The smallest absolute Gasteiger partial charge is 0.238 e. The maximum absolute atomic E-state index is 12.1. The molecule has 1 heterocycles. The lowest BCUT2D eigenvalue weighted by Crippen LogP contribution is -2.48. The fourth-order valence-electron chi connectivity index (χ4n) is 2.92. The van der Waals surface area contributed by atoms with Gasteiger partial charge in [0.2, 0.25) is 5.91 Å². The Morgan fingerprint density at radius 2 is 2.16 bits per heavy atom. The summed E-state index contributed by atoms with van der Waals surface area (Å²) in [4.78, 5) is 13.8. The highest BCUT2D eigenvalue weighted by Crippen LogP contribution is 2.32. The second kappa shape index (κ2) is 5.76. The summed E-state index contributed by atoms with van der Waals surface area (Å²) in [6.45, 7) is 3.36. The summed E-state index contributed by atoms with van der Waals surface area (Å²) in [5, 5.41) is 0. The van der Waals surface area contributed by atoms with Gasteiger partial charge in [-0.1, -0.05) is 0 Å². The number of rotatable bonds is 4. The van der Waals surface area contributed by atoms with Gasteiger partial charge in [-0.25, -0.2) is 8.42 Å². The van der Waals surface area contributed by atoms with E-state index in [9.17, 15) is 13.2 Å². The molecule has 0 spiro atoms. The largest absolute Gasteiger partial charge is 0.374 e. The lowest BCUT2D eigenvalue weighted by molar-refractivity contribution is -0.133. The molecule has 2 aliphatic rings. The molecule has 19 heavy (non-hydrogen) atoms. The van der Waals surface area contributed by atoms with Crippen molar-refractivity contribution in [3.05, 3.63) is 0 Å². The van der Waals surface area contributed by atoms with Crippen molar-refractivity contribution in [1.29, 1.82) is 0 Å². The predicted molar refractivity (Wildman–Crippen MR) is 69.6 cm³/mol. The Kier molecular flexibility index (Phi) is 4.47. The number of amides is 1. The summed E-state index contributed by atoms with van der Waals surface area (Å²) in [6.07, 6.45) is 2.65. The molecule has 1 aliphatic heterocycles. The minimum Gasteiger partial charge on any atom is -0.374 e. The molecule has 1 aliphatic carbocycles. The van der Waals surface area contributed by atoms with Gasteiger partial charge in [0.15, 0.2) is 9.84 Å². The molecule has 1 saturated carbocycles. The Balaban J connectivity index is 2.13. The van der Waals surface area contributed by atoms with Gasteiger partial charge < -0.3 is 14.4 Å². The van der Waals surface area contributed by atoms with Gasteiger partial charge >= 0.3 is 0 Å². The van der Waals surface area contributed by atoms with Crippen LogP contribution in [0, 0.1) is 0 Å². The average Bonchev–Trinajstić information content (AvgIpc) is 2.53. The normalized spacial score (nSPS) is 31.3. The number of ether oxygens (including phenoxy) is 2. The number of hydrogen-bond donors (Lipinski definition) is 0. The van der Waals surface area contributed by atoms with E-state index in [1.165, 1.54) is 0 Å². The van der Waals surface area contributed by atoms with Gasteiger partial charge in [0.25, 0.3) is 0 Å². The molecule has 0 aromatic rings. The fraction of sp³-hybridized carbons (Fsp3) is 0.917. The third-order valence-corrected chi connectivity index (χ3v) is 4.39. The van der Waals surface area contributed by atoms with Gasteiger partial charge in [0.1, 0.15) is 11.9 Å². The second-order valence-corrected chi connectivity index (χ2v) is 7.27. The van der Waals surface area contributed by atoms with E-state index in [0.717, 1.165) is 19.1 Å². The molecule has 0 radical (unpaired) electrons. The molecule has 6 nitrogen and oxygen atoms in total. The minimum absolute atomic E-state index is 0.0287. The lowest BCUT2D eigenvalue weighted by Gasteiger charge is -2.31. The zero-order valence-electron chi connectivity index (χ0n) is 11.4.